The predicted molar refractivity (Wildman–Crippen MR) is 91.6 cm³/mol. The molecule has 0 bridgehead atoms. The summed E-state index contributed by atoms with van der Waals surface area (Å²) >= 11 is 10.9. The van der Waals surface area contributed by atoms with E-state index in [2.05, 4.69) is 20.7 Å². The lowest BCUT2D eigenvalue weighted by Gasteiger charge is -2.16. The van der Waals surface area contributed by atoms with Gasteiger partial charge in [-0.15, -0.1) is 11.3 Å². The normalized spacial score (nSPS) is 13.3. The molecule has 0 amide bonds. The van der Waals surface area contributed by atoms with Crippen LogP contribution in [0.25, 0.3) is 0 Å². The van der Waals surface area contributed by atoms with Crippen molar-refractivity contribution in [2.45, 2.75) is 30.7 Å². The summed E-state index contributed by atoms with van der Waals surface area (Å²) in [5, 5.41) is 2.61. The summed E-state index contributed by atoms with van der Waals surface area (Å²) in [5.41, 5.74) is 0. The molecule has 7 heteroatoms. The van der Waals surface area contributed by atoms with E-state index >= 15 is 0 Å². The lowest BCUT2D eigenvalue weighted by Crippen LogP contribution is -2.35. The summed E-state index contributed by atoms with van der Waals surface area (Å²) in [6.45, 7) is 1.95. The van der Waals surface area contributed by atoms with Gasteiger partial charge in [0.2, 0.25) is 10.0 Å². The molecule has 2 rings (SSSR count). The molecule has 0 aliphatic heterocycles. The fourth-order valence-electron chi connectivity index (χ4n) is 1.87. The first kappa shape index (κ1) is 17.0. The second kappa shape index (κ2) is 7.24. The van der Waals surface area contributed by atoms with E-state index in [1.165, 1.54) is 0 Å². The summed E-state index contributed by atoms with van der Waals surface area (Å²) in [7, 11) is -3.51. The van der Waals surface area contributed by atoms with Gasteiger partial charge in [0.1, 0.15) is 0 Å². The summed E-state index contributed by atoms with van der Waals surface area (Å²) in [6.07, 6.45) is 1.30. The van der Waals surface area contributed by atoms with Crippen LogP contribution in [0, 0.1) is 0 Å². The Morgan fingerprint density at radius 1 is 1.29 bits per heavy atom. The van der Waals surface area contributed by atoms with Crippen LogP contribution in [0.4, 0.5) is 0 Å². The molecule has 0 unspecified atom stereocenters. The van der Waals surface area contributed by atoms with E-state index in [0.717, 1.165) is 9.35 Å². The van der Waals surface area contributed by atoms with Gasteiger partial charge in [-0.3, -0.25) is 0 Å². The third-order valence-corrected chi connectivity index (χ3v) is 6.54. The zero-order chi connectivity index (χ0) is 15.5. The number of benzene rings is 1. The minimum atomic E-state index is -3.51. The molecule has 1 N–H and O–H groups in total. The molecule has 0 fully saturated rings. The van der Waals surface area contributed by atoms with E-state index in [1.807, 2.05) is 18.4 Å². The molecule has 114 valence electrons. The maximum atomic E-state index is 12.4. The van der Waals surface area contributed by atoms with Gasteiger partial charge in [0.05, 0.1) is 9.92 Å². The Hall–Kier alpha value is -0.400. The Morgan fingerprint density at radius 2 is 1.95 bits per heavy atom. The second-order valence-corrected chi connectivity index (χ2v) is 8.61. The van der Waals surface area contributed by atoms with Crippen molar-refractivity contribution in [3.8, 4) is 0 Å². The monoisotopic (exact) mass is 407 g/mol. The highest BCUT2D eigenvalue weighted by Crippen LogP contribution is 2.24. The van der Waals surface area contributed by atoms with Crippen LogP contribution in [0.1, 0.15) is 18.2 Å². The van der Waals surface area contributed by atoms with Crippen molar-refractivity contribution in [2.24, 2.45) is 0 Å². The highest BCUT2D eigenvalue weighted by molar-refractivity contribution is 9.10. The Labute approximate surface area is 142 Å². The van der Waals surface area contributed by atoms with Crippen molar-refractivity contribution in [1.82, 2.24) is 4.72 Å². The van der Waals surface area contributed by atoms with Crippen LogP contribution < -0.4 is 4.72 Å². The molecule has 3 nitrogen and oxygen atoms in total. The number of thiophene rings is 1. The average Bonchev–Trinajstić information content (AvgIpc) is 2.83. The van der Waals surface area contributed by atoms with E-state index in [0.29, 0.717) is 17.9 Å². The first-order valence-electron chi connectivity index (χ1n) is 6.42. The van der Waals surface area contributed by atoms with Crippen molar-refractivity contribution in [1.29, 1.82) is 0 Å². The van der Waals surface area contributed by atoms with E-state index in [9.17, 15) is 8.42 Å². The Kier molecular flexibility index (Phi) is 5.85. The molecule has 1 aromatic carbocycles. The zero-order valence-corrected chi connectivity index (χ0v) is 15.3. The molecule has 0 saturated carbocycles. The van der Waals surface area contributed by atoms with Gasteiger partial charge in [0, 0.05) is 15.4 Å². The van der Waals surface area contributed by atoms with Crippen LogP contribution in [0.3, 0.4) is 0 Å². The minimum absolute atomic E-state index is 0.171. The third-order valence-electron chi connectivity index (χ3n) is 3.06. The lowest BCUT2D eigenvalue weighted by molar-refractivity contribution is 0.538. The molecule has 0 aliphatic carbocycles. The molecule has 1 atom stereocenters. The Bertz CT molecular complexity index is 698. The predicted octanol–water partition coefficient (Wildman–Crippen LogP) is 4.46. The van der Waals surface area contributed by atoms with Gasteiger partial charge in [0.25, 0.3) is 0 Å². The largest absolute Gasteiger partial charge is 0.240 e. The number of rotatable bonds is 6. The summed E-state index contributed by atoms with van der Waals surface area (Å²) in [5.74, 6) is 0. The SMILES string of the molecule is CC[C@H](Cc1sccc1Cl)NS(=O)(=O)c1ccc(Br)cc1. The van der Waals surface area contributed by atoms with E-state index in [-0.39, 0.29) is 10.9 Å². The maximum Gasteiger partial charge on any atom is 0.240 e. The molecule has 0 aliphatic rings. The highest BCUT2D eigenvalue weighted by Gasteiger charge is 2.20. The van der Waals surface area contributed by atoms with Crippen LogP contribution in [0.15, 0.2) is 45.1 Å². The van der Waals surface area contributed by atoms with Crippen LogP contribution in [-0.2, 0) is 16.4 Å². The molecular weight excluding hydrogens is 394 g/mol. The molecule has 0 spiro atoms. The van der Waals surface area contributed by atoms with Crippen molar-refractivity contribution in [3.63, 3.8) is 0 Å². The first-order valence-corrected chi connectivity index (χ1v) is 9.95. The topological polar surface area (TPSA) is 46.2 Å². The Balaban J connectivity index is 2.13. The maximum absolute atomic E-state index is 12.4. The summed E-state index contributed by atoms with van der Waals surface area (Å²) in [4.78, 5) is 1.27. The van der Waals surface area contributed by atoms with Crippen molar-refractivity contribution in [2.75, 3.05) is 0 Å². The highest BCUT2D eigenvalue weighted by atomic mass is 79.9. The zero-order valence-electron chi connectivity index (χ0n) is 11.3. The molecule has 1 heterocycles. The van der Waals surface area contributed by atoms with Gasteiger partial charge in [-0.25, -0.2) is 13.1 Å². The van der Waals surface area contributed by atoms with Crippen molar-refractivity contribution >= 4 is 48.9 Å². The summed E-state index contributed by atoms with van der Waals surface area (Å²) in [6, 6.07) is 8.25. The van der Waals surface area contributed by atoms with Gasteiger partial charge in [-0.2, -0.15) is 0 Å². The number of nitrogens with one attached hydrogen (secondary N) is 1. The molecule has 21 heavy (non-hydrogen) atoms. The molecule has 0 radical (unpaired) electrons. The fraction of sp³-hybridized carbons (Fsp3) is 0.286. The summed E-state index contributed by atoms with van der Waals surface area (Å²) < 4.78 is 28.3. The van der Waals surface area contributed by atoms with Gasteiger partial charge in [-0.1, -0.05) is 34.5 Å². The number of hydrogen-bond donors (Lipinski definition) is 1. The Morgan fingerprint density at radius 3 is 2.48 bits per heavy atom. The fourth-order valence-corrected chi connectivity index (χ4v) is 4.64. The van der Waals surface area contributed by atoms with Gasteiger partial charge >= 0.3 is 0 Å². The molecule has 0 saturated heterocycles. The smallest absolute Gasteiger partial charge is 0.208 e. The number of hydrogen-bond acceptors (Lipinski definition) is 3. The first-order chi connectivity index (χ1) is 9.92. The second-order valence-electron chi connectivity index (χ2n) is 4.58. The minimum Gasteiger partial charge on any atom is -0.208 e. The van der Waals surface area contributed by atoms with Crippen LogP contribution in [0.2, 0.25) is 5.02 Å². The number of halogens is 2. The average molecular weight is 409 g/mol. The van der Waals surface area contributed by atoms with Gasteiger partial charge in [0.15, 0.2) is 0 Å². The van der Waals surface area contributed by atoms with E-state index in [4.69, 9.17) is 11.6 Å². The third kappa shape index (κ3) is 4.53. The molecule has 1 aromatic heterocycles. The lowest BCUT2D eigenvalue weighted by atomic mass is 10.1. The molecule has 2 aromatic rings. The van der Waals surface area contributed by atoms with Crippen LogP contribution >= 0.6 is 38.9 Å². The number of sulfonamides is 1. The van der Waals surface area contributed by atoms with Crippen LogP contribution in [-0.4, -0.2) is 14.5 Å². The van der Waals surface area contributed by atoms with Crippen molar-refractivity contribution < 1.29 is 8.42 Å². The van der Waals surface area contributed by atoms with E-state index < -0.39 is 10.0 Å². The molecular formula is C14H15BrClNO2S2. The quantitative estimate of drug-likeness (QED) is 0.767. The van der Waals surface area contributed by atoms with E-state index in [1.54, 1.807) is 35.6 Å². The van der Waals surface area contributed by atoms with Crippen molar-refractivity contribution in [3.05, 3.63) is 50.1 Å². The van der Waals surface area contributed by atoms with Crippen LogP contribution in [0.5, 0.6) is 0 Å². The van der Waals surface area contributed by atoms with Gasteiger partial charge in [-0.05, 0) is 48.6 Å². The standard InChI is InChI=1S/C14H15BrClNO2S2/c1-2-11(9-14-13(16)7-8-20-14)17-21(18,19)12-5-3-10(15)4-6-12/h3-8,11,17H,2,9H2,1H3/t11-/m1/s1. The van der Waals surface area contributed by atoms with Gasteiger partial charge < -0.3 is 0 Å².